The van der Waals surface area contributed by atoms with Crippen LogP contribution in [0.2, 0.25) is 0 Å². The molecule has 0 saturated heterocycles. The van der Waals surface area contributed by atoms with E-state index in [9.17, 15) is 9.59 Å². The van der Waals surface area contributed by atoms with Gasteiger partial charge in [0.05, 0.1) is 0 Å². The molecule has 98 valence electrons. The monoisotopic (exact) mass is 248 g/mol. The van der Waals surface area contributed by atoms with Crippen LogP contribution in [0.3, 0.4) is 0 Å². The van der Waals surface area contributed by atoms with Crippen molar-refractivity contribution < 1.29 is 9.59 Å². The van der Waals surface area contributed by atoms with Gasteiger partial charge in [-0.25, -0.2) is 0 Å². The van der Waals surface area contributed by atoms with Gasteiger partial charge in [0.15, 0.2) is 5.78 Å². The van der Waals surface area contributed by atoms with Crippen LogP contribution in [0.15, 0.2) is 30.3 Å². The molecule has 1 aromatic rings. The number of hydrogen-bond donors (Lipinski definition) is 2. The van der Waals surface area contributed by atoms with Gasteiger partial charge in [-0.3, -0.25) is 9.59 Å². The highest BCUT2D eigenvalue weighted by molar-refractivity contribution is 5.97. The first-order valence-corrected chi connectivity index (χ1v) is 6.02. The van der Waals surface area contributed by atoms with Crippen LogP contribution in [-0.4, -0.2) is 23.8 Å². The Morgan fingerprint density at radius 3 is 2.33 bits per heavy atom. The van der Waals surface area contributed by atoms with E-state index in [1.807, 2.05) is 32.0 Å². The van der Waals surface area contributed by atoms with Crippen LogP contribution in [0.25, 0.3) is 0 Å². The van der Waals surface area contributed by atoms with Gasteiger partial charge in [0, 0.05) is 30.5 Å². The van der Waals surface area contributed by atoms with Gasteiger partial charge in [-0.15, -0.1) is 0 Å². The Labute approximate surface area is 108 Å². The number of nitrogens with one attached hydrogen (secondary N) is 1. The maximum absolute atomic E-state index is 11.7. The normalized spacial score (nSPS) is 11.1. The molecule has 0 spiro atoms. The smallest absolute Gasteiger partial charge is 0.220 e. The maximum Gasteiger partial charge on any atom is 0.220 e. The van der Waals surface area contributed by atoms with Crippen LogP contribution >= 0.6 is 0 Å². The minimum absolute atomic E-state index is 0.0160. The zero-order chi connectivity index (χ0) is 13.6. The van der Waals surface area contributed by atoms with Crippen LogP contribution in [0.1, 0.15) is 37.0 Å². The van der Waals surface area contributed by atoms with E-state index in [1.165, 1.54) is 0 Å². The van der Waals surface area contributed by atoms with Crippen molar-refractivity contribution in [2.75, 3.05) is 6.54 Å². The standard InChI is InChI=1S/C14H20N2O2/c1-14(2,15)10-16-13(18)9-8-12(17)11-6-4-3-5-7-11/h3-7H,8-10,15H2,1-2H3,(H,16,18). The van der Waals surface area contributed by atoms with Crippen LogP contribution in [-0.2, 0) is 4.79 Å². The predicted molar refractivity (Wildman–Crippen MR) is 71.3 cm³/mol. The molecule has 0 fully saturated rings. The Morgan fingerprint density at radius 1 is 1.17 bits per heavy atom. The molecule has 0 atom stereocenters. The van der Waals surface area contributed by atoms with E-state index in [0.29, 0.717) is 12.1 Å². The lowest BCUT2D eigenvalue weighted by molar-refractivity contribution is -0.121. The number of carbonyl (C=O) groups is 2. The first-order chi connectivity index (χ1) is 8.38. The second-order valence-corrected chi connectivity index (χ2v) is 5.05. The number of amides is 1. The second kappa shape index (κ2) is 6.31. The number of nitrogens with two attached hydrogens (primary N) is 1. The lowest BCUT2D eigenvalue weighted by Gasteiger charge is -2.18. The summed E-state index contributed by atoms with van der Waals surface area (Å²) in [6, 6.07) is 8.98. The van der Waals surface area contributed by atoms with Crippen molar-refractivity contribution in [1.29, 1.82) is 0 Å². The minimum atomic E-state index is -0.431. The molecule has 0 heterocycles. The summed E-state index contributed by atoms with van der Waals surface area (Å²) in [6.07, 6.45) is 0.421. The Bertz CT molecular complexity index is 408. The summed E-state index contributed by atoms with van der Waals surface area (Å²) >= 11 is 0. The molecule has 0 unspecified atom stereocenters. The summed E-state index contributed by atoms with van der Waals surface area (Å²) in [5.41, 5.74) is 5.96. The van der Waals surface area contributed by atoms with E-state index < -0.39 is 5.54 Å². The molecular formula is C14H20N2O2. The fourth-order valence-electron chi connectivity index (χ4n) is 1.41. The van der Waals surface area contributed by atoms with Gasteiger partial charge in [0.25, 0.3) is 0 Å². The molecule has 1 rings (SSSR count). The number of carbonyl (C=O) groups excluding carboxylic acids is 2. The molecule has 0 aliphatic heterocycles. The van der Waals surface area contributed by atoms with E-state index >= 15 is 0 Å². The zero-order valence-electron chi connectivity index (χ0n) is 10.9. The summed E-state index contributed by atoms with van der Waals surface area (Å²) < 4.78 is 0. The molecule has 4 nitrogen and oxygen atoms in total. The third-order valence-electron chi connectivity index (χ3n) is 2.42. The van der Waals surface area contributed by atoms with Crippen LogP contribution in [0, 0.1) is 0 Å². The topological polar surface area (TPSA) is 72.2 Å². The third-order valence-corrected chi connectivity index (χ3v) is 2.42. The predicted octanol–water partition coefficient (Wildman–Crippen LogP) is 1.50. The van der Waals surface area contributed by atoms with Crippen molar-refractivity contribution >= 4 is 11.7 Å². The van der Waals surface area contributed by atoms with Gasteiger partial charge in [0.1, 0.15) is 0 Å². The lowest BCUT2D eigenvalue weighted by Crippen LogP contribution is -2.45. The largest absolute Gasteiger partial charge is 0.354 e. The van der Waals surface area contributed by atoms with E-state index in [-0.39, 0.29) is 24.5 Å². The highest BCUT2D eigenvalue weighted by atomic mass is 16.2. The van der Waals surface area contributed by atoms with Gasteiger partial charge < -0.3 is 11.1 Å². The van der Waals surface area contributed by atoms with Crippen molar-refractivity contribution in [3.8, 4) is 0 Å². The third kappa shape index (κ3) is 5.59. The lowest BCUT2D eigenvalue weighted by atomic mass is 10.1. The molecule has 0 bridgehead atoms. The van der Waals surface area contributed by atoms with Gasteiger partial charge in [-0.1, -0.05) is 30.3 Å². The number of ketones is 1. The summed E-state index contributed by atoms with van der Waals surface area (Å²) in [5, 5.41) is 2.71. The highest BCUT2D eigenvalue weighted by Crippen LogP contribution is 2.05. The number of Topliss-reactive ketones (excluding diaryl/α,β-unsaturated/α-hetero) is 1. The molecule has 0 aliphatic carbocycles. The Kier molecular flexibility index (Phi) is 5.04. The van der Waals surface area contributed by atoms with Gasteiger partial charge >= 0.3 is 0 Å². The quantitative estimate of drug-likeness (QED) is 0.749. The molecule has 0 aromatic heterocycles. The molecule has 4 heteroatoms. The molecule has 0 saturated carbocycles. The van der Waals surface area contributed by atoms with Gasteiger partial charge in [-0.2, -0.15) is 0 Å². The number of benzene rings is 1. The second-order valence-electron chi connectivity index (χ2n) is 5.05. The summed E-state index contributed by atoms with van der Waals surface area (Å²) in [6.45, 7) is 4.08. The molecule has 3 N–H and O–H groups in total. The summed E-state index contributed by atoms with van der Waals surface area (Å²) in [5.74, 6) is -0.157. The highest BCUT2D eigenvalue weighted by Gasteiger charge is 2.13. The molecule has 0 aliphatic rings. The zero-order valence-corrected chi connectivity index (χ0v) is 10.9. The molecule has 1 amide bonds. The summed E-state index contributed by atoms with van der Waals surface area (Å²) in [7, 11) is 0. The Balaban J connectivity index is 2.33. The minimum Gasteiger partial charge on any atom is -0.354 e. The fourth-order valence-corrected chi connectivity index (χ4v) is 1.41. The summed E-state index contributed by atoms with van der Waals surface area (Å²) in [4.78, 5) is 23.3. The van der Waals surface area contributed by atoms with Crippen molar-refractivity contribution in [3.63, 3.8) is 0 Å². The van der Waals surface area contributed by atoms with E-state index in [1.54, 1.807) is 12.1 Å². The SMILES string of the molecule is CC(C)(N)CNC(=O)CCC(=O)c1ccccc1. The van der Waals surface area contributed by atoms with Crippen molar-refractivity contribution in [3.05, 3.63) is 35.9 Å². The number of hydrogen-bond acceptors (Lipinski definition) is 3. The van der Waals surface area contributed by atoms with Crippen molar-refractivity contribution in [1.82, 2.24) is 5.32 Å². The van der Waals surface area contributed by atoms with Crippen LogP contribution in [0.4, 0.5) is 0 Å². The fraction of sp³-hybridized carbons (Fsp3) is 0.429. The number of rotatable bonds is 6. The van der Waals surface area contributed by atoms with Gasteiger partial charge in [0.2, 0.25) is 5.91 Å². The molecule has 0 radical (unpaired) electrons. The van der Waals surface area contributed by atoms with E-state index in [4.69, 9.17) is 5.73 Å². The van der Waals surface area contributed by atoms with E-state index in [2.05, 4.69) is 5.32 Å². The first kappa shape index (κ1) is 14.4. The average Bonchev–Trinajstić information content (AvgIpc) is 2.33. The van der Waals surface area contributed by atoms with Gasteiger partial charge in [-0.05, 0) is 13.8 Å². The molecular weight excluding hydrogens is 228 g/mol. The average molecular weight is 248 g/mol. The first-order valence-electron chi connectivity index (χ1n) is 6.02. The maximum atomic E-state index is 11.7. The Morgan fingerprint density at radius 2 is 1.78 bits per heavy atom. The molecule has 18 heavy (non-hydrogen) atoms. The van der Waals surface area contributed by atoms with E-state index in [0.717, 1.165) is 0 Å². The van der Waals surface area contributed by atoms with Crippen LogP contribution in [0.5, 0.6) is 0 Å². The van der Waals surface area contributed by atoms with Crippen LogP contribution < -0.4 is 11.1 Å². The van der Waals surface area contributed by atoms with Crippen molar-refractivity contribution in [2.24, 2.45) is 5.73 Å². The van der Waals surface area contributed by atoms with Crippen molar-refractivity contribution in [2.45, 2.75) is 32.2 Å². The molecule has 1 aromatic carbocycles. The Hall–Kier alpha value is -1.68.